The third kappa shape index (κ3) is 2.29. The third-order valence-corrected chi connectivity index (χ3v) is 2.59. The maximum atomic E-state index is 13.3. The fourth-order valence-electron chi connectivity index (χ4n) is 1.53. The van der Waals surface area contributed by atoms with Crippen molar-refractivity contribution in [1.29, 1.82) is 0 Å². The van der Waals surface area contributed by atoms with Gasteiger partial charge in [0, 0.05) is 18.8 Å². The number of halogens is 4. The first kappa shape index (κ1) is 12.0. The van der Waals surface area contributed by atoms with Crippen molar-refractivity contribution in [3.05, 3.63) is 40.8 Å². The molecule has 0 aliphatic heterocycles. The zero-order valence-electron chi connectivity index (χ0n) is 8.79. The summed E-state index contributed by atoms with van der Waals surface area (Å²) in [6.07, 6.45) is -1.44. The molecule has 0 aliphatic carbocycles. The molecule has 0 N–H and O–H groups in total. The van der Waals surface area contributed by atoms with E-state index in [1.807, 2.05) is 0 Å². The van der Waals surface area contributed by atoms with E-state index >= 15 is 0 Å². The first-order chi connectivity index (χ1) is 7.99. The van der Waals surface area contributed by atoms with Crippen molar-refractivity contribution in [2.75, 3.05) is 0 Å². The molecule has 0 spiro atoms. The van der Waals surface area contributed by atoms with E-state index in [0.717, 1.165) is 6.07 Å². The molecule has 0 amide bonds. The van der Waals surface area contributed by atoms with Crippen LogP contribution in [0.2, 0.25) is 5.02 Å². The van der Waals surface area contributed by atoms with Gasteiger partial charge in [0.05, 0.1) is 10.6 Å². The van der Waals surface area contributed by atoms with E-state index in [9.17, 15) is 13.2 Å². The van der Waals surface area contributed by atoms with Gasteiger partial charge >= 0.3 is 0 Å². The van der Waals surface area contributed by atoms with Crippen molar-refractivity contribution in [1.82, 2.24) is 9.78 Å². The van der Waals surface area contributed by atoms with Crippen LogP contribution in [0.15, 0.2) is 24.4 Å². The third-order valence-electron chi connectivity index (χ3n) is 2.29. The Kier molecular flexibility index (Phi) is 3.11. The van der Waals surface area contributed by atoms with E-state index in [2.05, 4.69) is 5.10 Å². The summed E-state index contributed by atoms with van der Waals surface area (Å²) in [7, 11) is 1.53. The van der Waals surface area contributed by atoms with Crippen LogP contribution < -0.4 is 0 Å². The normalized spacial score (nSPS) is 11.2. The van der Waals surface area contributed by atoms with Gasteiger partial charge in [0.2, 0.25) is 0 Å². The summed E-state index contributed by atoms with van der Waals surface area (Å²) in [5.41, 5.74) is 0.120. The molecule has 0 radical (unpaired) electrons. The van der Waals surface area contributed by atoms with Gasteiger partial charge in [-0.1, -0.05) is 17.7 Å². The molecule has 6 heteroatoms. The first-order valence-electron chi connectivity index (χ1n) is 4.76. The lowest BCUT2D eigenvalue weighted by molar-refractivity contribution is 0.152. The van der Waals surface area contributed by atoms with Crippen LogP contribution in [0.4, 0.5) is 13.2 Å². The van der Waals surface area contributed by atoms with Crippen molar-refractivity contribution in [2.45, 2.75) is 6.43 Å². The highest BCUT2D eigenvalue weighted by Gasteiger charge is 2.18. The topological polar surface area (TPSA) is 17.8 Å². The molecular formula is C11H8ClF3N2. The Bertz CT molecular complexity index is 552. The zero-order valence-corrected chi connectivity index (χ0v) is 9.55. The molecule has 2 rings (SSSR count). The minimum absolute atomic E-state index is 0.0525. The van der Waals surface area contributed by atoms with Crippen LogP contribution in [0, 0.1) is 5.82 Å². The van der Waals surface area contributed by atoms with E-state index in [4.69, 9.17) is 11.6 Å². The Hall–Kier alpha value is -1.49. The number of alkyl halides is 2. The van der Waals surface area contributed by atoms with Crippen LogP contribution in [-0.2, 0) is 7.05 Å². The Morgan fingerprint density at radius 1 is 1.35 bits per heavy atom. The Labute approximate surface area is 101 Å². The van der Waals surface area contributed by atoms with Crippen LogP contribution in [0.5, 0.6) is 0 Å². The quantitative estimate of drug-likeness (QED) is 0.803. The van der Waals surface area contributed by atoms with Crippen LogP contribution >= 0.6 is 11.6 Å². The summed E-state index contributed by atoms with van der Waals surface area (Å²) < 4.78 is 40.0. The molecule has 0 saturated carbocycles. The molecule has 17 heavy (non-hydrogen) atoms. The van der Waals surface area contributed by atoms with Gasteiger partial charge in [-0.15, -0.1) is 0 Å². The molecule has 0 fully saturated rings. The molecular weight excluding hydrogens is 253 g/mol. The molecule has 0 saturated heterocycles. The summed E-state index contributed by atoms with van der Waals surface area (Å²) in [5.74, 6) is -0.657. The second-order valence-corrected chi connectivity index (χ2v) is 3.94. The summed E-state index contributed by atoms with van der Waals surface area (Å²) in [4.78, 5) is 0. The van der Waals surface area contributed by atoms with E-state index in [1.165, 1.54) is 30.1 Å². The summed E-state index contributed by atoms with van der Waals surface area (Å²) in [6.45, 7) is 0. The second-order valence-electron chi connectivity index (χ2n) is 3.54. The highest BCUT2D eigenvalue weighted by atomic mass is 35.5. The van der Waals surface area contributed by atoms with Crippen molar-refractivity contribution in [2.24, 2.45) is 7.05 Å². The Morgan fingerprint density at radius 2 is 2.06 bits per heavy atom. The van der Waals surface area contributed by atoms with E-state index in [-0.39, 0.29) is 21.8 Å². The fourth-order valence-corrected chi connectivity index (χ4v) is 1.65. The number of aryl methyl sites for hydroxylation is 1. The lowest BCUT2D eigenvalue weighted by Crippen LogP contribution is -1.89. The van der Waals surface area contributed by atoms with Crippen molar-refractivity contribution in [3.63, 3.8) is 0 Å². The predicted molar refractivity (Wildman–Crippen MR) is 58.6 cm³/mol. The van der Waals surface area contributed by atoms with Gasteiger partial charge < -0.3 is 0 Å². The standard InChI is InChI=1S/C11H8ClF3N2/c1-17-5-7(11(14)15)10(16-17)6-2-3-8(12)9(13)4-6/h2-5,11H,1H3. The van der Waals surface area contributed by atoms with Gasteiger partial charge in [-0.3, -0.25) is 4.68 Å². The van der Waals surface area contributed by atoms with Gasteiger partial charge in [0.1, 0.15) is 11.5 Å². The average molecular weight is 261 g/mol. The lowest BCUT2D eigenvalue weighted by Gasteiger charge is -2.02. The minimum Gasteiger partial charge on any atom is -0.275 e. The number of hydrogen-bond acceptors (Lipinski definition) is 1. The number of rotatable bonds is 2. The van der Waals surface area contributed by atoms with Gasteiger partial charge in [-0.05, 0) is 12.1 Å². The van der Waals surface area contributed by atoms with Gasteiger partial charge in [-0.25, -0.2) is 13.2 Å². The Balaban J connectivity index is 2.55. The number of aromatic nitrogens is 2. The zero-order chi connectivity index (χ0) is 12.6. The molecule has 0 aliphatic rings. The maximum absolute atomic E-state index is 13.3. The van der Waals surface area contributed by atoms with Gasteiger partial charge in [0.25, 0.3) is 6.43 Å². The molecule has 1 heterocycles. The molecule has 0 bridgehead atoms. The van der Waals surface area contributed by atoms with Crippen molar-refractivity contribution < 1.29 is 13.2 Å². The highest BCUT2D eigenvalue weighted by Crippen LogP contribution is 2.31. The molecule has 1 aromatic carbocycles. The summed E-state index contributed by atoms with van der Waals surface area (Å²) in [6, 6.07) is 3.87. The predicted octanol–water partition coefficient (Wildman–Crippen LogP) is 3.82. The molecule has 90 valence electrons. The van der Waals surface area contributed by atoms with Gasteiger partial charge in [0.15, 0.2) is 0 Å². The number of benzene rings is 1. The molecule has 0 atom stereocenters. The van der Waals surface area contributed by atoms with E-state index in [0.29, 0.717) is 0 Å². The van der Waals surface area contributed by atoms with Crippen LogP contribution in [0.25, 0.3) is 11.3 Å². The molecule has 1 aromatic heterocycles. The van der Waals surface area contributed by atoms with Crippen LogP contribution in [-0.4, -0.2) is 9.78 Å². The second kappa shape index (κ2) is 4.41. The summed E-state index contributed by atoms with van der Waals surface area (Å²) in [5, 5.41) is 3.85. The average Bonchev–Trinajstić information content (AvgIpc) is 2.64. The van der Waals surface area contributed by atoms with Crippen LogP contribution in [0.3, 0.4) is 0 Å². The highest BCUT2D eigenvalue weighted by molar-refractivity contribution is 6.30. The lowest BCUT2D eigenvalue weighted by atomic mass is 10.1. The maximum Gasteiger partial charge on any atom is 0.267 e. The number of nitrogens with zero attached hydrogens (tertiary/aromatic N) is 2. The molecule has 0 unspecified atom stereocenters. The Morgan fingerprint density at radius 3 is 2.65 bits per heavy atom. The van der Waals surface area contributed by atoms with Gasteiger partial charge in [-0.2, -0.15) is 5.10 Å². The largest absolute Gasteiger partial charge is 0.275 e. The van der Waals surface area contributed by atoms with E-state index in [1.54, 1.807) is 0 Å². The summed E-state index contributed by atoms with van der Waals surface area (Å²) >= 11 is 5.53. The SMILES string of the molecule is Cn1cc(C(F)F)c(-c2ccc(Cl)c(F)c2)n1. The van der Waals surface area contributed by atoms with Crippen LogP contribution in [0.1, 0.15) is 12.0 Å². The molecule has 2 aromatic rings. The monoisotopic (exact) mass is 260 g/mol. The van der Waals surface area contributed by atoms with Crippen molar-refractivity contribution >= 4 is 11.6 Å². The minimum atomic E-state index is -2.66. The van der Waals surface area contributed by atoms with Crippen molar-refractivity contribution in [3.8, 4) is 11.3 Å². The van der Waals surface area contributed by atoms with E-state index < -0.39 is 12.2 Å². The number of hydrogen-bond donors (Lipinski definition) is 0. The smallest absolute Gasteiger partial charge is 0.267 e. The fraction of sp³-hybridized carbons (Fsp3) is 0.182. The first-order valence-corrected chi connectivity index (χ1v) is 5.14. The molecule has 2 nitrogen and oxygen atoms in total.